The number of rotatable bonds is 4. The Hall–Kier alpha value is -1.58. The summed E-state index contributed by atoms with van der Waals surface area (Å²) in [6, 6.07) is 2.46. The van der Waals surface area contributed by atoms with Crippen LogP contribution in [-0.4, -0.2) is 41.4 Å². The Morgan fingerprint density at radius 3 is 2.52 bits per heavy atom. The van der Waals surface area contributed by atoms with E-state index < -0.39 is 32.1 Å². The van der Waals surface area contributed by atoms with Crippen molar-refractivity contribution in [2.45, 2.75) is 23.3 Å². The fourth-order valence-corrected chi connectivity index (χ4v) is 4.14. The maximum Gasteiger partial charge on any atom is 0.306 e. The first-order chi connectivity index (χ1) is 9.74. The van der Waals surface area contributed by atoms with Crippen molar-refractivity contribution in [2.24, 2.45) is 5.92 Å². The third kappa shape index (κ3) is 2.30. The lowest BCUT2D eigenvalue weighted by Gasteiger charge is -2.45. The highest BCUT2D eigenvalue weighted by atomic mass is 32.2. The fraction of sp³-hybridized carbons (Fsp3) is 0.500. The molecule has 1 N–H and O–H groups in total. The number of nitro benzene ring substituents is 1. The van der Waals surface area contributed by atoms with Gasteiger partial charge in [0.05, 0.1) is 15.4 Å². The molecule has 1 aliphatic heterocycles. The van der Waals surface area contributed by atoms with Gasteiger partial charge in [0.2, 0.25) is 15.8 Å². The molecule has 7 nitrogen and oxygen atoms in total. The molecule has 9 heteroatoms. The highest BCUT2D eigenvalue weighted by Gasteiger charge is 2.55. The van der Waals surface area contributed by atoms with Crippen LogP contribution in [-0.2, 0) is 10.0 Å². The maximum atomic E-state index is 13.3. The third-order valence-corrected chi connectivity index (χ3v) is 5.78. The quantitative estimate of drug-likeness (QED) is 0.656. The van der Waals surface area contributed by atoms with Crippen molar-refractivity contribution in [3.05, 3.63) is 34.1 Å². The van der Waals surface area contributed by atoms with Crippen LogP contribution < -0.4 is 0 Å². The molecule has 1 aromatic rings. The van der Waals surface area contributed by atoms with E-state index >= 15 is 0 Å². The first-order valence-electron chi connectivity index (χ1n) is 6.40. The number of nitrogens with zero attached hydrogens (tertiary/aromatic N) is 2. The van der Waals surface area contributed by atoms with Crippen LogP contribution in [0.5, 0.6) is 0 Å². The zero-order valence-electron chi connectivity index (χ0n) is 10.9. The Morgan fingerprint density at radius 1 is 1.38 bits per heavy atom. The lowest BCUT2D eigenvalue weighted by atomic mass is 9.91. The van der Waals surface area contributed by atoms with E-state index in [1.165, 1.54) is 0 Å². The third-order valence-electron chi connectivity index (χ3n) is 3.99. The van der Waals surface area contributed by atoms with Gasteiger partial charge in [0.25, 0.3) is 0 Å². The molecule has 1 aliphatic carbocycles. The Kier molecular flexibility index (Phi) is 3.05. The molecule has 0 unspecified atom stereocenters. The molecular formula is C12H13FN2O5S. The second kappa shape index (κ2) is 4.46. The summed E-state index contributed by atoms with van der Waals surface area (Å²) in [5, 5.41) is 20.8. The molecule has 1 heterocycles. The van der Waals surface area contributed by atoms with Crippen molar-refractivity contribution in [1.29, 1.82) is 0 Å². The van der Waals surface area contributed by atoms with Crippen molar-refractivity contribution in [2.75, 3.05) is 13.1 Å². The topological polar surface area (TPSA) is 101 Å². The molecule has 0 aromatic heterocycles. The zero-order valence-corrected chi connectivity index (χ0v) is 11.7. The summed E-state index contributed by atoms with van der Waals surface area (Å²) in [7, 11) is -3.95. The number of benzene rings is 1. The normalized spacial score (nSPS) is 21.8. The fourth-order valence-electron chi connectivity index (χ4n) is 2.56. The first-order valence-corrected chi connectivity index (χ1v) is 7.84. The second-order valence-electron chi connectivity index (χ2n) is 5.52. The van der Waals surface area contributed by atoms with Gasteiger partial charge in [0.15, 0.2) is 0 Å². The standard InChI is InChI=1S/C12H13FN2O5S/c13-10-4-3-9(5-11(10)15(17)18)21(19,20)14-6-12(16,7-14)8-1-2-8/h3-5,8,16H,1-2,6-7H2. The van der Waals surface area contributed by atoms with Crippen LogP contribution in [0.1, 0.15) is 12.8 Å². The maximum absolute atomic E-state index is 13.3. The van der Waals surface area contributed by atoms with Gasteiger partial charge in [0, 0.05) is 19.2 Å². The average molecular weight is 316 g/mol. The van der Waals surface area contributed by atoms with Crippen molar-refractivity contribution in [3.63, 3.8) is 0 Å². The summed E-state index contributed by atoms with van der Waals surface area (Å²) in [5.41, 5.74) is -1.87. The molecule has 1 saturated heterocycles. The molecular weight excluding hydrogens is 303 g/mol. The molecule has 0 radical (unpaired) electrons. The number of β-amino-alcohol motifs (C(OH)–C–C–N with tert-alkyl or cyclic N) is 1. The number of hydrogen-bond donors (Lipinski definition) is 1. The Bertz CT molecular complexity index is 710. The van der Waals surface area contributed by atoms with Gasteiger partial charge in [-0.05, 0) is 30.9 Å². The van der Waals surface area contributed by atoms with E-state index in [0.29, 0.717) is 6.07 Å². The van der Waals surface area contributed by atoms with Gasteiger partial charge in [-0.1, -0.05) is 0 Å². The SMILES string of the molecule is O=[N+]([O-])c1cc(S(=O)(=O)N2CC(O)(C3CC3)C2)ccc1F. The van der Waals surface area contributed by atoms with Gasteiger partial charge in [0.1, 0.15) is 0 Å². The number of aliphatic hydroxyl groups is 1. The van der Waals surface area contributed by atoms with E-state index in [1.807, 2.05) is 0 Å². The van der Waals surface area contributed by atoms with E-state index in [-0.39, 0.29) is 23.9 Å². The lowest BCUT2D eigenvalue weighted by molar-refractivity contribution is -0.387. The molecule has 2 aliphatic rings. The largest absolute Gasteiger partial charge is 0.387 e. The van der Waals surface area contributed by atoms with Gasteiger partial charge in [-0.2, -0.15) is 8.70 Å². The summed E-state index contributed by atoms with van der Waals surface area (Å²) in [6.07, 6.45) is 1.76. The molecule has 0 bridgehead atoms. The van der Waals surface area contributed by atoms with Crippen LogP contribution in [0.4, 0.5) is 10.1 Å². The monoisotopic (exact) mass is 316 g/mol. The van der Waals surface area contributed by atoms with E-state index in [0.717, 1.165) is 29.3 Å². The van der Waals surface area contributed by atoms with E-state index in [2.05, 4.69) is 0 Å². The van der Waals surface area contributed by atoms with Gasteiger partial charge in [-0.15, -0.1) is 0 Å². The Balaban J connectivity index is 1.86. The summed E-state index contributed by atoms with van der Waals surface area (Å²) in [6.45, 7) is -0.0453. The number of halogens is 1. The van der Waals surface area contributed by atoms with Crippen molar-refractivity contribution >= 4 is 15.7 Å². The minimum atomic E-state index is -3.95. The Labute approximate surface area is 120 Å². The van der Waals surface area contributed by atoms with Gasteiger partial charge in [-0.25, -0.2) is 8.42 Å². The summed E-state index contributed by atoms with van der Waals surface area (Å²) in [4.78, 5) is 9.37. The summed E-state index contributed by atoms with van der Waals surface area (Å²) in [5.74, 6) is -0.955. The van der Waals surface area contributed by atoms with Crippen LogP contribution in [0.3, 0.4) is 0 Å². The predicted octanol–water partition coefficient (Wildman–Crippen LogP) is 0.879. The van der Waals surface area contributed by atoms with E-state index in [9.17, 15) is 28.0 Å². The molecule has 0 atom stereocenters. The predicted molar refractivity (Wildman–Crippen MR) is 69.5 cm³/mol. The number of sulfonamides is 1. The molecule has 0 spiro atoms. The zero-order chi connectivity index (χ0) is 15.4. The number of hydrogen-bond acceptors (Lipinski definition) is 5. The molecule has 2 fully saturated rings. The molecule has 1 aromatic carbocycles. The summed E-state index contributed by atoms with van der Waals surface area (Å²) >= 11 is 0. The minimum Gasteiger partial charge on any atom is -0.387 e. The van der Waals surface area contributed by atoms with E-state index in [1.54, 1.807) is 0 Å². The van der Waals surface area contributed by atoms with Gasteiger partial charge in [-0.3, -0.25) is 10.1 Å². The molecule has 3 rings (SSSR count). The first kappa shape index (κ1) is 14.4. The van der Waals surface area contributed by atoms with Gasteiger partial charge >= 0.3 is 5.69 Å². The molecule has 21 heavy (non-hydrogen) atoms. The van der Waals surface area contributed by atoms with Crippen LogP contribution in [0.15, 0.2) is 23.1 Å². The van der Waals surface area contributed by atoms with Crippen LogP contribution in [0, 0.1) is 21.8 Å². The molecule has 1 saturated carbocycles. The lowest BCUT2D eigenvalue weighted by Crippen LogP contribution is -2.64. The van der Waals surface area contributed by atoms with Crippen LogP contribution >= 0.6 is 0 Å². The molecule has 0 amide bonds. The van der Waals surface area contributed by atoms with Crippen molar-refractivity contribution < 1.29 is 22.8 Å². The highest BCUT2D eigenvalue weighted by Crippen LogP contribution is 2.46. The number of nitro groups is 1. The summed E-state index contributed by atoms with van der Waals surface area (Å²) < 4.78 is 38.9. The van der Waals surface area contributed by atoms with Crippen LogP contribution in [0.25, 0.3) is 0 Å². The average Bonchev–Trinajstić information content (AvgIpc) is 3.19. The molecule has 114 valence electrons. The van der Waals surface area contributed by atoms with Crippen molar-refractivity contribution in [1.82, 2.24) is 4.31 Å². The second-order valence-corrected chi connectivity index (χ2v) is 7.46. The Morgan fingerprint density at radius 2 is 2.00 bits per heavy atom. The van der Waals surface area contributed by atoms with Crippen molar-refractivity contribution in [3.8, 4) is 0 Å². The highest BCUT2D eigenvalue weighted by molar-refractivity contribution is 7.89. The van der Waals surface area contributed by atoms with E-state index in [4.69, 9.17) is 0 Å². The van der Waals surface area contributed by atoms with Gasteiger partial charge < -0.3 is 5.11 Å². The minimum absolute atomic E-state index is 0.0226. The van der Waals surface area contributed by atoms with Crippen LogP contribution in [0.2, 0.25) is 0 Å². The smallest absolute Gasteiger partial charge is 0.306 e.